The van der Waals surface area contributed by atoms with Crippen molar-refractivity contribution in [1.29, 1.82) is 0 Å². The molecule has 3 heterocycles. The highest BCUT2D eigenvalue weighted by atomic mass is 15.2. The Balaban J connectivity index is 1.28. The summed E-state index contributed by atoms with van der Waals surface area (Å²) in [5, 5.41) is 2.55. The Morgan fingerprint density at radius 1 is 0.443 bits per heavy atom. The van der Waals surface area contributed by atoms with E-state index in [1.54, 1.807) is 0 Å². The van der Waals surface area contributed by atoms with Gasteiger partial charge in [0.2, 0.25) is 0 Å². The zero-order valence-corrected chi connectivity index (χ0v) is 37.7. The molecule has 0 unspecified atom stereocenters. The Morgan fingerprint density at radius 3 is 1.49 bits per heavy atom. The third-order valence-corrected chi connectivity index (χ3v) is 14.5. The maximum atomic E-state index is 2.57. The molecule has 2 aliphatic rings. The van der Waals surface area contributed by atoms with Crippen LogP contribution in [0.3, 0.4) is 0 Å². The minimum absolute atomic E-state index is 0.0303. The minimum atomic E-state index is 0.0303. The quantitative estimate of drug-likeness (QED) is 0.149. The first-order chi connectivity index (χ1) is 29.2. The van der Waals surface area contributed by atoms with E-state index < -0.39 is 0 Å². The van der Waals surface area contributed by atoms with Crippen LogP contribution in [0.2, 0.25) is 0 Å². The number of hydrogen-bond donors (Lipinski definition) is 0. The summed E-state index contributed by atoms with van der Waals surface area (Å²) in [5.41, 5.74) is 20.5. The average Bonchev–Trinajstić information content (AvgIpc) is 3.60. The van der Waals surface area contributed by atoms with E-state index in [4.69, 9.17) is 0 Å². The topological polar surface area (TPSA) is 11.4 Å². The second kappa shape index (κ2) is 14.0. The highest BCUT2D eigenvalue weighted by Gasteiger charge is 2.44. The lowest BCUT2D eigenvalue weighted by Gasteiger charge is -2.45. The second-order valence-electron chi connectivity index (χ2n) is 20.0. The fourth-order valence-corrected chi connectivity index (χ4v) is 10.0. The molecule has 0 atom stereocenters. The standard InChI is InChI=1S/C57H58BN3/c1-11-56(7,8)39-23-28-42(29-24-39)60-51-36-43(61-48-19-15-13-17-44(48)45-18-14-16-20-49(45)61)30-31-46(51)58-47-35-40(57(9,10)12-2)25-32-50(47)59(52-33-37(3)34-53(60)54(52)58)41-26-21-38(22-27-41)55(4,5)6/h13-36H,11-12H2,1-10H3. The number of aryl methyl sites for hydroxylation is 1. The fraction of sp³-hybridized carbons (Fsp3) is 0.263. The van der Waals surface area contributed by atoms with Gasteiger partial charge in [-0.25, -0.2) is 0 Å². The number of anilines is 6. The highest BCUT2D eigenvalue weighted by molar-refractivity contribution is 7.00. The van der Waals surface area contributed by atoms with Gasteiger partial charge in [-0.1, -0.05) is 141 Å². The number of fused-ring (bicyclic) bond motifs is 7. The molecule has 0 fully saturated rings. The van der Waals surface area contributed by atoms with Gasteiger partial charge in [0.1, 0.15) is 0 Å². The Hall–Kier alpha value is -6.00. The molecule has 304 valence electrons. The van der Waals surface area contributed by atoms with Gasteiger partial charge < -0.3 is 14.4 Å². The van der Waals surface area contributed by atoms with Gasteiger partial charge in [0.15, 0.2) is 0 Å². The highest BCUT2D eigenvalue weighted by Crippen LogP contribution is 2.46. The van der Waals surface area contributed by atoms with Crippen LogP contribution in [0.4, 0.5) is 34.1 Å². The van der Waals surface area contributed by atoms with Crippen molar-refractivity contribution in [3.05, 3.63) is 168 Å². The lowest BCUT2D eigenvalue weighted by Crippen LogP contribution is -2.61. The van der Waals surface area contributed by atoms with Gasteiger partial charge in [-0.05, 0) is 141 Å². The van der Waals surface area contributed by atoms with Crippen molar-refractivity contribution in [3.63, 3.8) is 0 Å². The normalized spacial score (nSPS) is 13.8. The maximum absolute atomic E-state index is 2.57. The summed E-state index contributed by atoms with van der Waals surface area (Å²) in [7, 11) is 0. The predicted molar refractivity (Wildman–Crippen MR) is 265 cm³/mol. The summed E-state index contributed by atoms with van der Waals surface area (Å²) in [6.07, 6.45) is 2.14. The van der Waals surface area contributed by atoms with Crippen LogP contribution in [0.1, 0.15) is 97.4 Å². The first-order valence-electron chi connectivity index (χ1n) is 22.4. The van der Waals surface area contributed by atoms with E-state index in [0.29, 0.717) is 0 Å². The number of hydrogen-bond acceptors (Lipinski definition) is 2. The van der Waals surface area contributed by atoms with Crippen LogP contribution < -0.4 is 26.2 Å². The van der Waals surface area contributed by atoms with Crippen molar-refractivity contribution < 1.29 is 0 Å². The first kappa shape index (κ1) is 39.2. The zero-order chi connectivity index (χ0) is 42.6. The molecule has 0 N–H and O–H groups in total. The molecule has 0 radical (unpaired) electrons. The van der Waals surface area contributed by atoms with E-state index in [-0.39, 0.29) is 23.0 Å². The molecule has 0 amide bonds. The van der Waals surface area contributed by atoms with Crippen LogP contribution in [-0.4, -0.2) is 11.3 Å². The minimum Gasteiger partial charge on any atom is -0.311 e. The lowest BCUT2D eigenvalue weighted by molar-refractivity contribution is 0.506. The van der Waals surface area contributed by atoms with Gasteiger partial charge >= 0.3 is 0 Å². The third kappa shape index (κ3) is 6.16. The molecule has 1 aromatic heterocycles. The monoisotopic (exact) mass is 795 g/mol. The Bertz CT molecular complexity index is 2940. The molecule has 0 bridgehead atoms. The second-order valence-corrected chi connectivity index (χ2v) is 20.0. The van der Waals surface area contributed by atoms with Crippen molar-refractivity contribution in [2.75, 3.05) is 9.80 Å². The molecule has 10 rings (SSSR count). The summed E-state index contributed by atoms with van der Waals surface area (Å²) < 4.78 is 2.47. The van der Waals surface area contributed by atoms with Crippen LogP contribution in [0.25, 0.3) is 27.5 Å². The van der Waals surface area contributed by atoms with E-state index in [0.717, 1.165) is 12.8 Å². The summed E-state index contributed by atoms with van der Waals surface area (Å²) in [5.74, 6) is 0. The van der Waals surface area contributed by atoms with Gasteiger partial charge in [-0.2, -0.15) is 0 Å². The average molecular weight is 796 g/mol. The van der Waals surface area contributed by atoms with E-state index in [9.17, 15) is 0 Å². The summed E-state index contributed by atoms with van der Waals surface area (Å²) in [6.45, 7) is 23.3. The molecule has 0 spiro atoms. The first-order valence-corrected chi connectivity index (χ1v) is 22.4. The van der Waals surface area contributed by atoms with Crippen LogP contribution in [0.15, 0.2) is 146 Å². The van der Waals surface area contributed by atoms with E-state index in [1.165, 1.54) is 100 Å². The van der Waals surface area contributed by atoms with Crippen LogP contribution in [0.5, 0.6) is 0 Å². The van der Waals surface area contributed by atoms with Gasteiger partial charge in [-0.3, -0.25) is 0 Å². The number of para-hydroxylation sites is 2. The van der Waals surface area contributed by atoms with Crippen molar-refractivity contribution in [1.82, 2.24) is 4.57 Å². The molecule has 61 heavy (non-hydrogen) atoms. The van der Waals surface area contributed by atoms with Crippen molar-refractivity contribution in [2.45, 2.75) is 98.3 Å². The number of aromatic nitrogens is 1. The van der Waals surface area contributed by atoms with Crippen molar-refractivity contribution in [2.24, 2.45) is 0 Å². The summed E-state index contributed by atoms with van der Waals surface area (Å²) in [6, 6.07) is 56.0. The molecule has 0 saturated carbocycles. The lowest BCUT2D eigenvalue weighted by atomic mass is 9.33. The molecule has 3 nitrogen and oxygen atoms in total. The van der Waals surface area contributed by atoms with Crippen LogP contribution >= 0.6 is 0 Å². The predicted octanol–water partition coefficient (Wildman–Crippen LogP) is 13.8. The molecule has 4 heteroatoms. The van der Waals surface area contributed by atoms with E-state index in [2.05, 4.69) is 229 Å². The Labute approximate surface area is 363 Å². The summed E-state index contributed by atoms with van der Waals surface area (Å²) >= 11 is 0. The van der Waals surface area contributed by atoms with Gasteiger partial charge in [0.25, 0.3) is 6.71 Å². The van der Waals surface area contributed by atoms with Crippen LogP contribution in [-0.2, 0) is 16.2 Å². The molecular formula is C57H58BN3. The van der Waals surface area contributed by atoms with Crippen molar-refractivity contribution in [3.8, 4) is 5.69 Å². The maximum Gasteiger partial charge on any atom is 0.252 e. The number of benzene rings is 7. The van der Waals surface area contributed by atoms with E-state index >= 15 is 0 Å². The number of rotatable bonds is 7. The Kier molecular flexibility index (Phi) is 9.00. The fourth-order valence-electron chi connectivity index (χ4n) is 10.0. The van der Waals surface area contributed by atoms with E-state index in [1.807, 2.05) is 0 Å². The van der Waals surface area contributed by atoms with Crippen molar-refractivity contribution >= 4 is 79.0 Å². The Morgan fingerprint density at radius 2 is 0.934 bits per heavy atom. The zero-order valence-electron chi connectivity index (χ0n) is 37.7. The molecule has 2 aliphatic heterocycles. The molecular weight excluding hydrogens is 737 g/mol. The van der Waals surface area contributed by atoms with Gasteiger partial charge in [0, 0.05) is 50.6 Å². The van der Waals surface area contributed by atoms with Crippen LogP contribution in [0, 0.1) is 6.92 Å². The molecule has 8 aromatic rings. The smallest absolute Gasteiger partial charge is 0.252 e. The summed E-state index contributed by atoms with van der Waals surface area (Å²) in [4.78, 5) is 5.12. The third-order valence-electron chi connectivity index (χ3n) is 14.5. The van der Waals surface area contributed by atoms with Gasteiger partial charge in [-0.15, -0.1) is 0 Å². The molecule has 0 saturated heterocycles. The molecule has 7 aromatic carbocycles. The SMILES string of the molecule is CCC(C)(C)c1ccc(N2c3cc(-n4c5ccccc5c5ccccc54)ccc3B3c4cc(C(C)(C)CC)ccc4N(c4ccc(C(C)(C)C)cc4)c4cc(C)cc2c43)cc1. The molecule has 0 aliphatic carbocycles. The van der Waals surface area contributed by atoms with Gasteiger partial charge in [0.05, 0.1) is 11.0 Å². The largest absolute Gasteiger partial charge is 0.311 e. The number of nitrogens with zero attached hydrogens (tertiary/aromatic N) is 3.